The van der Waals surface area contributed by atoms with Crippen molar-refractivity contribution in [2.45, 2.75) is 20.0 Å². The predicted octanol–water partition coefficient (Wildman–Crippen LogP) is 4.10. The maximum Gasteiger partial charge on any atom is 0.355 e. The fourth-order valence-electron chi connectivity index (χ4n) is 1.51. The molecule has 1 N–H and O–H groups in total. The second kappa shape index (κ2) is 4.97. The number of hydrogen-bond acceptors (Lipinski definition) is 2. The number of ether oxygens (including phenoxy) is 1. The molecule has 0 aliphatic heterocycles. The summed E-state index contributed by atoms with van der Waals surface area (Å²) < 4.78 is 7.26. The van der Waals surface area contributed by atoms with Crippen molar-refractivity contribution in [3.05, 3.63) is 31.9 Å². The molecule has 0 fully saturated rings. The van der Waals surface area contributed by atoms with Gasteiger partial charge in [0.25, 0.3) is 0 Å². The van der Waals surface area contributed by atoms with Gasteiger partial charge in [0, 0.05) is 18.9 Å². The lowest BCUT2D eigenvalue weighted by Gasteiger charge is -2.05. The van der Waals surface area contributed by atoms with E-state index in [1.165, 1.54) is 0 Å². The van der Waals surface area contributed by atoms with E-state index in [0.717, 1.165) is 18.9 Å². The Morgan fingerprint density at radius 1 is 1.41 bits per heavy atom. The summed E-state index contributed by atoms with van der Waals surface area (Å²) in [5, 5.41) is 0.994. The Labute approximate surface area is 121 Å². The summed E-state index contributed by atoms with van der Waals surface area (Å²) in [6, 6.07) is 5.78. The minimum absolute atomic E-state index is 0.110. The molecule has 1 heterocycles. The molecule has 1 aromatic heterocycles. The highest BCUT2D eigenvalue weighted by Crippen LogP contribution is 2.26. The highest BCUT2D eigenvalue weighted by molar-refractivity contribution is 14.1. The lowest BCUT2D eigenvalue weighted by atomic mass is 10.2. The summed E-state index contributed by atoms with van der Waals surface area (Å²) in [5.41, 5.74) is 1.43. The van der Waals surface area contributed by atoms with Gasteiger partial charge in [-0.3, -0.25) is 0 Å². The molecule has 0 bridgehead atoms. The Morgan fingerprint density at radius 3 is 2.76 bits per heavy atom. The first kappa shape index (κ1) is 12.9. The number of halogens is 2. The molecule has 0 atom stereocenters. The highest BCUT2D eigenvalue weighted by atomic mass is 127. The SMILES string of the molecule is CC(C)OC(=O)c1cc2cc(Br)c(I)cc2[nH]1. The Balaban J connectivity index is 2.41. The topological polar surface area (TPSA) is 42.1 Å². The Morgan fingerprint density at radius 2 is 2.12 bits per heavy atom. The van der Waals surface area contributed by atoms with E-state index < -0.39 is 0 Å². The van der Waals surface area contributed by atoms with E-state index in [2.05, 4.69) is 43.5 Å². The number of aromatic amines is 1. The normalized spacial score (nSPS) is 11.1. The highest BCUT2D eigenvalue weighted by Gasteiger charge is 2.13. The molecule has 5 heteroatoms. The van der Waals surface area contributed by atoms with E-state index >= 15 is 0 Å². The second-order valence-electron chi connectivity index (χ2n) is 3.99. The molecule has 0 saturated carbocycles. The predicted molar refractivity (Wildman–Crippen MR) is 79.3 cm³/mol. The van der Waals surface area contributed by atoms with Crippen LogP contribution in [-0.4, -0.2) is 17.1 Å². The number of aromatic nitrogens is 1. The van der Waals surface area contributed by atoms with Gasteiger partial charge < -0.3 is 9.72 Å². The molecule has 0 radical (unpaired) electrons. The zero-order chi connectivity index (χ0) is 12.6. The molecule has 0 unspecified atom stereocenters. The average molecular weight is 408 g/mol. The summed E-state index contributed by atoms with van der Waals surface area (Å²) in [5.74, 6) is -0.317. The smallest absolute Gasteiger partial charge is 0.355 e. The summed E-state index contributed by atoms with van der Waals surface area (Å²) in [6.45, 7) is 3.67. The molecule has 17 heavy (non-hydrogen) atoms. The number of benzene rings is 1. The lowest BCUT2D eigenvalue weighted by Crippen LogP contribution is -2.11. The molecule has 2 aromatic rings. The van der Waals surface area contributed by atoms with Crippen LogP contribution in [0, 0.1) is 3.57 Å². The monoisotopic (exact) mass is 407 g/mol. The van der Waals surface area contributed by atoms with Crippen molar-refractivity contribution >= 4 is 55.4 Å². The van der Waals surface area contributed by atoms with E-state index in [1.54, 1.807) is 6.07 Å². The second-order valence-corrected chi connectivity index (χ2v) is 6.01. The fraction of sp³-hybridized carbons (Fsp3) is 0.250. The first-order valence-electron chi connectivity index (χ1n) is 5.16. The van der Waals surface area contributed by atoms with Gasteiger partial charge in [0.15, 0.2) is 0 Å². The van der Waals surface area contributed by atoms with Gasteiger partial charge in [-0.25, -0.2) is 4.79 Å². The lowest BCUT2D eigenvalue weighted by molar-refractivity contribution is 0.0372. The minimum atomic E-state index is -0.317. The van der Waals surface area contributed by atoms with Crippen LogP contribution in [-0.2, 0) is 4.74 Å². The van der Waals surface area contributed by atoms with Crippen molar-refractivity contribution in [3.8, 4) is 0 Å². The van der Waals surface area contributed by atoms with Gasteiger partial charge in [0.05, 0.1) is 6.10 Å². The molecule has 0 saturated heterocycles. The molecule has 0 aliphatic rings. The average Bonchev–Trinajstić information content (AvgIpc) is 2.60. The molecule has 1 aromatic carbocycles. The van der Waals surface area contributed by atoms with Crippen LogP contribution < -0.4 is 0 Å². The molecule has 3 nitrogen and oxygen atoms in total. The number of nitrogens with one attached hydrogen (secondary N) is 1. The van der Waals surface area contributed by atoms with Crippen LogP contribution in [0.5, 0.6) is 0 Å². The van der Waals surface area contributed by atoms with Gasteiger partial charge in [0.1, 0.15) is 5.69 Å². The van der Waals surface area contributed by atoms with Gasteiger partial charge in [-0.1, -0.05) is 0 Å². The number of carbonyl (C=O) groups excluding carboxylic acids is 1. The summed E-state index contributed by atoms with van der Waals surface area (Å²) in [7, 11) is 0. The van der Waals surface area contributed by atoms with Gasteiger partial charge in [-0.05, 0) is 70.6 Å². The molecule has 0 aliphatic carbocycles. The zero-order valence-corrected chi connectivity index (χ0v) is 13.1. The molecular weight excluding hydrogens is 397 g/mol. The Hall–Kier alpha value is -0.560. The first-order valence-corrected chi connectivity index (χ1v) is 7.03. The third kappa shape index (κ3) is 2.82. The number of fused-ring (bicyclic) bond motifs is 1. The first-order chi connectivity index (χ1) is 7.97. The van der Waals surface area contributed by atoms with Crippen LogP contribution >= 0.6 is 38.5 Å². The Bertz CT molecular complexity index is 538. The van der Waals surface area contributed by atoms with Crippen LogP contribution in [0.4, 0.5) is 0 Å². The van der Waals surface area contributed by atoms with E-state index in [4.69, 9.17) is 4.74 Å². The number of carbonyl (C=O) groups is 1. The van der Waals surface area contributed by atoms with Crippen molar-refractivity contribution in [2.24, 2.45) is 0 Å². The molecule has 90 valence electrons. The quantitative estimate of drug-likeness (QED) is 0.601. The van der Waals surface area contributed by atoms with Crippen molar-refractivity contribution < 1.29 is 9.53 Å². The Kier molecular flexibility index (Phi) is 3.77. The van der Waals surface area contributed by atoms with Crippen molar-refractivity contribution in [1.29, 1.82) is 0 Å². The van der Waals surface area contributed by atoms with Crippen molar-refractivity contribution in [2.75, 3.05) is 0 Å². The summed E-state index contributed by atoms with van der Waals surface area (Å²) in [4.78, 5) is 14.8. The van der Waals surface area contributed by atoms with E-state index in [1.807, 2.05) is 26.0 Å². The van der Waals surface area contributed by atoms with Gasteiger partial charge in [-0.2, -0.15) is 0 Å². The molecule has 2 rings (SSSR count). The largest absolute Gasteiger partial charge is 0.458 e. The number of rotatable bonds is 2. The van der Waals surface area contributed by atoms with Crippen LogP contribution in [0.1, 0.15) is 24.3 Å². The van der Waals surface area contributed by atoms with E-state index in [0.29, 0.717) is 5.69 Å². The fourth-order valence-corrected chi connectivity index (χ4v) is 2.34. The summed E-state index contributed by atoms with van der Waals surface area (Å²) >= 11 is 5.70. The molecule has 0 amide bonds. The van der Waals surface area contributed by atoms with Gasteiger partial charge >= 0.3 is 5.97 Å². The third-order valence-electron chi connectivity index (χ3n) is 2.22. The van der Waals surface area contributed by atoms with Gasteiger partial charge in [0.2, 0.25) is 0 Å². The van der Waals surface area contributed by atoms with Crippen molar-refractivity contribution in [3.63, 3.8) is 0 Å². The molecule has 0 spiro atoms. The zero-order valence-electron chi connectivity index (χ0n) is 9.38. The van der Waals surface area contributed by atoms with E-state index in [-0.39, 0.29) is 12.1 Å². The van der Waals surface area contributed by atoms with Crippen molar-refractivity contribution in [1.82, 2.24) is 4.98 Å². The maximum atomic E-state index is 11.7. The number of H-pyrrole nitrogens is 1. The van der Waals surface area contributed by atoms with Crippen LogP contribution in [0.25, 0.3) is 10.9 Å². The minimum Gasteiger partial charge on any atom is -0.458 e. The number of esters is 1. The van der Waals surface area contributed by atoms with Crippen LogP contribution in [0.15, 0.2) is 22.7 Å². The summed E-state index contributed by atoms with van der Waals surface area (Å²) in [6.07, 6.45) is -0.110. The van der Waals surface area contributed by atoms with Gasteiger partial charge in [-0.15, -0.1) is 0 Å². The van der Waals surface area contributed by atoms with E-state index in [9.17, 15) is 4.79 Å². The third-order valence-corrected chi connectivity index (χ3v) is 4.51. The maximum absolute atomic E-state index is 11.7. The van der Waals surface area contributed by atoms with Crippen LogP contribution in [0.2, 0.25) is 0 Å². The standard InChI is InChI=1S/C12H11BrINO2/c1-6(2)17-12(16)11-4-7-3-8(13)9(14)5-10(7)15-11/h3-6,15H,1-2H3. The molecular formula is C12H11BrINO2. The van der Waals surface area contributed by atoms with Crippen LogP contribution in [0.3, 0.4) is 0 Å². The number of hydrogen-bond donors (Lipinski definition) is 1.